The van der Waals surface area contributed by atoms with E-state index in [2.05, 4.69) is 15.3 Å². The van der Waals surface area contributed by atoms with Gasteiger partial charge < -0.3 is 15.4 Å². The van der Waals surface area contributed by atoms with E-state index in [0.717, 1.165) is 22.8 Å². The van der Waals surface area contributed by atoms with Crippen molar-refractivity contribution in [2.45, 2.75) is 20.4 Å². The van der Waals surface area contributed by atoms with Gasteiger partial charge in [0.05, 0.1) is 18.4 Å². The molecule has 0 aliphatic rings. The van der Waals surface area contributed by atoms with Crippen LogP contribution in [0.4, 0.5) is 5.69 Å². The van der Waals surface area contributed by atoms with Crippen LogP contribution in [0.1, 0.15) is 17.1 Å². The smallest absolute Gasteiger partial charge is 0.120 e. The highest BCUT2D eigenvalue weighted by atomic mass is 16.3. The molecule has 1 aromatic carbocycles. The van der Waals surface area contributed by atoms with Gasteiger partial charge in [0, 0.05) is 11.8 Å². The van der Waals surface area contributed by atoms with E-state index in [-0.39, 0.29) is 0 Å². The van der Waals surface area contributed by atoms with Gasteiger partial charge in [-0.15, -0.1) is 0 Å². The Kier molecular flexibility index (Phi) is 2.81. The second-order valence-corrected chi connectivity index (χ2v) is 3.85. The number of benzene rings is 1. The molecular formula is C12H15N3O. The zero-order valence-electron chi connectivity index (χ0n) is 9.41. The Labute approximate surface area is 94.4 Å². The van der Waals surface area contributed by atoms with E-state index in [1.54, 1.807) is 12.3 Å². The molecule has 84 valence electrons. The van der Waals surface area contributed by atoms with Crippen LogP contribution in [-0.2, 0) is 6.54 Å². The molecule has 0 saturated carbocycles. The number of phenols is 1. The first-order valence-corrected chi connectivity index (χ1v) is 5.19. The number of aromatic hydroxyl groups is 1. The van der Waals surface area contributed by atoms with Crippen molar-refractivity contribution in [1.82, 2.24) is 9.97 Å². The number of H-pyrrole nitrogens is 1. The molecule has 0 atom stereocenters. The van der Waals surface area contributed by atoms with Crippen LogP contribution < -0.4 is 5.32 Å². The summed E-state index contributed by atoms with van der Waals surface area (Å²) < 4.78 is 0. The topological polar surface area (TPSA) is 60.9 Å². The summed E-state index contributed by atoms with van der Waals surface area (Å²) in [6, 6.07) is 5.55. The maximum Gasteiger partial charge on any atom is 0.120 e. The normalized spacial score (nSPS) is 10.4. The summed E-state index contributed by atoms with van der Waals surface area (Å²) in [5, 5.41) is 12.8. The molecule has 4 nitrogen and oxygen atoms in total. The van der Waals surface area contributed by atoms with Gasteiger partial charge in [0.2, 0.25) is 0 Å². The number of hydrogen-bond donors (Lipinski definition) is 3. The predicted molar refractivity (Wildman–Crippen MR) is 63.5 cm³/mol. The zero-order chi connectivity index (χ0) is 11.5. The molecular weight excluding hydrogens is 202 g/mol. The number of aryl methyl sites for hydroxylation is 2. The van der Waals surface area contributed by atoms with Crippen molar-refractivity contribution in [2.24, 2.45) is 0 Å². The summed E-state index contributed by atoms with van der Waals surface area (Å²) >= 11 is 0. The first-order chi connectivity index (χ1) is 7.65. The van der Waals surface area contributed by atoms with Crippen molar-refractivity contribution in [1.29, 1.82) is 0 Å². The predicted octanol–water partition coefficient (Wildman–Crippen LogP) is 2.34. The summed E-state index contributed by atoms with van der Waals surface area (Å²) in [5.74, 6) is 1.22. The molecule has 1 aromatic heterocycles. The number of rotatable bonds is 3. The lowest BCUT2D eigenvalue weighted by Crippen LogP contribution is -1.99. The maximum atomic E-state index is 9.54. The highest BCUT2D eigenvalue weighted by Gasteiger charge is 1.99. The second kappa shape index (κ2) is 4.26. The number of anilines is 1. The molecule has 0 amide bonds. The van der Waals surface area contributed by atoms with Gasteiger partial charge in [-0.05, 0) is 25.5 Å². The lowest BCUT2D eigenvalue weighted by molar-refractivity contribution is 0.471. The van der Waals surface area contributed by atoms with E-state index in [1.807, 2.05) is 26.0 Å². The molecule has 3 N–H and O–H groups in total. The van der Waals surface area contributed by atoms with Gasteiger partial charge >= 0.3 is 0 Å². The largest absolute Gasteiger partial charge is 0.508 e. The number of hydrogen-bond acceptors (Lipinski definition) is 3. The third kappa shape index (κ3) is 2.34. The molecule has 0 bridgehead atoms. The highest BCUT2D eigenvalue weighted by Crippen LogP contribution is 2.21. The van der Waals surface area contributed by atoms with Gasteiger partial charge in [0.1, 0.15) is 11.6 Å². The van der Waals surface area contributed by atoms with Crippen LogP contribution in [0, 0.1) is 13.8 Å². The average Bonchev–Trinajstić information content (AvgIpc) is 2.66. The summed E-state index contributed by atoms with van der Waals surface area (Å²) in [5.41, 5.74) is 2.80. The molecule has 0 aliphatic heterocycles. The van der Waals surface area contributed by atoms with Crippen LogP contribution in [0.25, 0.3) is 0 Å². The summed E-state index contributed by atoms with van der Waals surface area (Å²) in [6.07, 6.45) is 1.80. The minimum atomic E-state index is 0.311. The number of nitrogens with zero attached hydrogens (tertiary/aromatic N) is 1. The fourth-order valence-corrected chi connectivity index (χ4v) is 1.48. The van der Waals surface area contributed by atoms with Crippen LogP contribution in [0.3, 0.4) is 0 Å². The van der Waals surface area contributed by atoms with Crippen LogP contribution >= 0.6 is 0 Å². The number of aromatic nitrogens is 2. The molecule has 0 saturated heterocycles. The van der Waals surface area contributed by atoms with Crippen molar-refractivity contribution in [2.75, 3.05) is 5.32 Å². The van der Waals surface area contributed by atoms with Crippen LogP contribution in [0.5, 0.6) is 5.75 Å². The van der Waals surface area contributed by atoms with Gasteiger partial charge in [-0.25, -0.2) is 4.98 Å². The number of nitrogens with one attached hydrogen (secondary N) is 2. The summed E-state index contributed by atoms with van der Waals surface area (Å²) in [7, 11) is 0. The van der Waals surface area contributed by atoms with Crippen molar-refractivity contribution in [3.05, 3.63) is 41.5 Å². The van der Waals surface area contributed by atoms with E-state index in [4.69, 9.17) is 0 Å². The molecule has 16 heavy (non-hydrogen) atoms. The van der Waals surface area contributed by atoms with E-state index in [9.17, 15) is 5.11 Å². The third-order valence-corrected chi connectivity index (χ3v) is 2.45. The minimum absolute atomic E-state index is 0.311. The lowest BCUT2D eigenvalue weighted by Gasteiger charge is -2.06. The van der Waals surface area contributed by atoms with E-state index < -0.39 is 0 Å². The minimum Gasteiger partial charge on any atom is -0.508 e. The van der Waals surface area contributed by atoms with Gasteiger partial charge in [-0.2, -0.15) is 0 Å². The third-order valence-electron chi connectivity index (χ3n) is 2.45. The van der Waals surface area contributed by atoms with Crippen LogP contribution in [0.15, 0.2) is 24.4 Å². The Bertz CT molecular complexity index is 491. The number of phenolic OH excluding ortho intramolecular Hbond substituents is 1. The molecule has 0 unspecified atom stereocenters. The van der Waals surface area contributed by atoms with Gasteiger partial charge in [-0.1, -0.05) is 6.07 Å². The van der Waals surface area contributed by atoms with Gasteiger partial charge in [-0.3, -0.25) is 0 Å². The standard InChI is InChI=1S/C12H15N3O/c1-8-3-4-10(5-12(8)16)14-7-11-6-13-9(2)15-11/h3-6,14,16H,7H2,1-2H3,(H,13,15). The summed E-state index contributed by atoms with van der Waals surface area (Å²) in [4.78, 5) is 7.25. The lowest BCUT2D eigenvalue weighted by atomic mass is 10.2. The Morgan fingerprint density at radius 2 is 2.19 bits per heavy atom. The Morgan fingerprint density at radius 3 is 2.81 bits per heavy atom. The SMILES string of the molecule is Cc1ncc(CNc2ccc(C)c(O)c2)[nH]1. The fraction of sp³-hybridized carbons (Fsp3) is 0.250. The molecule has 0 aliphatic carbocycles. The fourth-order valence-electron chi connectivity index (χ4n) is 1.48. The second-order valence-electron chi connectivity index (χ2n) is 3.85. The van der Waals surface area contributed by atoms with Crippen molar-refractivity contribution in [3.8, 4) is 5.75 Å². The molecule has 2 aromatic rings. The van der Waals surface area contributed by atoms with Crippen molar-refractivity contribution in [3.63, 3.8) is 0 Å². The highest BCUT2D eigenvalue weighted by molar-refractivity contribution is 5.50. The zero-order valence-corrected chi connectivity index (χ0v) is 9.41. The van der Waals surface area contributed by atoms with E-state index >= 15 is 0 Å². The molecule has 0 radical (unpaired) electrons. The Morgan fingerprint density at radius 1 is 1.38 bits per heavy atom. The van der Waals surface area contributed by atoms with E-state index in [0.29, 0.717) is 12.3 Å². The van der Waals surface area contributed by atoms with E-state index in [1.165, 1.54) is 0 Å². The molecule has 4 heteroatoms. The maximum absolute atomic E-state index is 9.54. The van der Waals surface area contributed by atoms with Crippen LogP contribution in [-0.4, -0.2) is 15.1 Å². The Hall–Kier alpha value is -1.97. The molecule has 0 spiro atoms. The molecule has 2 rings (SSSR count). The monoisotopic (exact) mass is 217 g/mol. The summed E-state index contributed by atoms with van der Waals surface area (Å²) in [6.45, 7) is 4.46. The molecule has 0 fully saturated rings. The van der Waals surface area contributed by atoms with Gasteiger partial charge in [0.25, 0.3) is 0 Å². The quantitative estimate of drug-likeness (QED) is 0.739. The number of imidazole rings is 1. The van der Waals surface area contributed by atoms with Crippen molar-refractivity contribution < 1.29 is 5.11 Å². The van der Waals surface area contributed by atoms with Gasteiger partial charge in [0.15, 0.2) is 0 Å². The molecule has 1 heterocycles. The number of aromatic amines is 1. The first kappa shape index (κ1) is 10.5. The Balaban J connectivity index is 2.02. The first-order valence-electron chi connectivity index (χ1n) is 5.19. The van der Waals surface area contributed by atoms with Crippen LogP contribution in [0.2, 0.25) is 0 Å². The average molecular weight is 217 g/mol. The van der Waals surface area contributed by atoms with Crippen molar-refractivity contribution >= 4 is 5.69 Å².